The van der Waals surface area contributed by atoms with Crippen LogP contribution in [0.3, 0.4) is 0 Å². The van der Waals surface area contributed by atoms with Crippen molar-refractivity contribution in [3.8, 4) is 5.75 Å². The minimum atomic E-state index is 0.283. The van der Waals surface area contributed by atoms with Gasteiger partial charge >= 0.3 is 0 Å². The molecule has 0 unspecified atom stereocenters. The van der Waals surface area contributed by atoms with Gasteiger partial charge in [-0.2, -0.15) is 0 Å². The predicted octanol–water partition coefficient (Wildman–Crippen LogP) is 3.08. The number of hydrogen-bond acceptors (Lipinski definition) is 5. The van der Waals surface area contributed by atoms with Crippen molar-refractivity contribution in [2.75, 3.05) is 57.9 Å². The van der Waals surface area contributed by atoms with Gasteiger partial charge < -0.3 is 14.7 Å². The van der Waals surface area contributed by atoms with Gasteiger partial charge in [-0.25, -0.2) is 0 Å². The summed E-state index contributed by atoms with van der Waals surface area (Å²) >= 11 is 0. The van der Waals surface area contributed by atoms with Crippen molar-refractivity contribution in [1.82, 2.24) is 9.80 Å². The Labute approximate surface area is 171 Å². The number of anilines is 1. The van der Waals surface area contributed by atoms with E-state index in [4.69, 9.17) is 4.74 Å². The zero-order valence-corrected chi connectivity index (χ0v) is 18.2. The fourth-order valence-corrected chi connectivity index (χ4v) is 4.85. The van der Waals surface area contributed by atoms with Gasteiger partial charge in [0.15, 0.2) is 0 Å². The lowest BCUT2D eigenvalue weighted by atomic mass is 9.93. The molecule has 0 amide bonds. The number of piperazine rings is 1. The highest BCUT2D eigenvalue weighted by Crippen LogP contribution is 2.31. The Kier molecular flexibility index (Phi) is 7.24. The van der Waals surface area contributed by atoms with Gasteiger partial charge in [-0.15, -0.1) is 0 Å². The fourth-order valence-electron chi connectivity index (χ4n) is 4.85. The summed E-state index contributed by atoms with van der Waals surface area (Å²) in [6, 6.07) is 9.48. The topological polar surface area (TPSA) is 39.2 Å². The molecule has 1 atom stereocenters. The van der Waals surface area contributed by atoms with E-state index in [9.17, 15) is 5.11 Å². The summed E-state index contributed by atoms with van der Waals surface area (Å²) in [4.78, 5) is 7.77. The van der Waals surface area contributed by atoms with Crippen molar-refractivity contribution >= 4 is 5.69 Å². The van der Waals surface area contributed by atoms with Crippen molar-refractivity contribution in [3.63, 3.8) is 0 Å². The highest BCUT2D eigenvalue weighted by molar-refractivity contribution is 5.58. The first-order chi connectivity index (χ1) is 13.4. The highest BCUT2D eigenvalue weighted by atomic mass is 16.5. The number of rotatable bonds is 6. The van der Waals surface area contributed by atoms with Gasteiger partial charge in [-0.1, -0.05) is 32.9 Å². The van der Waals surface area contributed by atoms with E-state index in [0.717, 1.165) is 51.4 Å². The Morgan fingerprint density at radius 2 is 1.79 bits per heavy atom. The van der Waals surface area contributed by atoms with Gasteiger partial charge in [-0.3, -0.25) is 9.80 Å². The smallest absolute Gasteiger partial charge is 0.142 e. The number of ether oxygens (including phenoxy) is 1. The van der Waals surface area contributed by atoms with Crippen LogP contribution in [0.1, 0.15) is 40.0 Å². The van der Waals surface area contributed by atoms with E-state index >= 15 is 0 Å². The molecule has 0 spiro atoms. The Balaban J connectivity index is 1.57. The van der Waals surface area contributed by atoms with Crippen LogP contribution >= 0.6 is 0 Å². The molecule has 0 aromatic heterocycles. The van der Waals surface area contributed by atoms with Crippen LogP contribution in [0.5, 0.6) is 5.75 Å². The number of nitrogens with zero attached hydrogens (tertiary/aromatic N) is 3. The molecule has 1 N–H and O–H groups in total. The van der Waals surface area contributed by atoms with E-state index in [2.05, 4.69) is 53.7 Å². The molecule has 2 aliphatic heterocycles. The van der Waals surface area contributed by atoms with E-state index in [1.54, 1.807) is 7.11 Å². The van der Waals surface area contributed by atoms with Gasteiger partial charge in [-0.05, 0) is 36.8 Å². The molecule has 5 nitrogen and oxygen atoms in total. The van der Waals surface area contributed by atoms with Gasteiger partial charge in [0.05, 0.1) is 12.8 Å². The van der Waals surface area contributed by atoms with Crippen LogP contribution < -0.4 is 9.64 Å². The number of aliphatic hydroxyl groups is 1. The second-order valence-electron chi connectivity index (χ2n) is 9.58. The van der Waals surface area contributed by atoms with Crippen LogP contribution in [0.25, 0.3) is 0 Å². The van der Waals surface area contributed by atoms with Gasteiger partial charge in [0.1, 0.15) is 5.75 Å². The summed E-state index contributed by atoms with van der Waals surface area (Å²) < 4.78 is 5.55. The quantitative estimate of drug-likeness (QED) is 0.810. The van der Waals surface area contributed by atoms with Crippen LogP contribution in [-0.2, 0) is 0 Å². The lowest BCUT2D eigenvalue weighted by Crippen LogP contribution is -2.58. The average Bonchev–Trinajstić information content (AvgIpc) is 2.68. The van der Waals surface area contributed by atoms with Gasteiger partial charge in [0, 0.05) is 58.0 Å². The van der Waals surface area contributed by atoms with Crippen molar-refractivity contribution in [1.29, 1.82) is 0 Å². The molecule has 5 heteroatoms. The molecule has 0 bridgehead atoms. The predicted molar refractivity (Wildman–Crippen MR) is 116 cm³/mol. The van der Waals surface area contributed by atoms with E-state index in [1.807, 2.05) is 6.07 Å². The van der Waals surface area contributed by atoms with E-state index < -0.39 is 0 Å². The normalized spacial score (nSPS) is 23.2. The number of aliphatic hydroxyl groups excluding tert-OH is 1. The van der Waals surface area contributed by atoms with Crippen molar-refractivity contribution in [2.24, 2.45) is 5.41 Å². The first-order valence-electron chi connectivity index (χ1n) is 10.9. The zero-order valence-electron chi connectivity index (χ0n) is 18.2. The maximum absolute atomic E-state index is 9.58. The van der Waals surface area contributed by atoms with Crippen molar-refractivity contribution in [3.05, 3.63) is 24.3 Å². The summed E-state index contributed by atoms with van der Waals surface area (Å²) in [5, 5.41) is 9.58. The summed E-state index contributed by atoms with van der Waals surface area (Å²) in [5.74, 6) is 0.972. The summed E-state index contributed by atoms with van der Waals surface area (Å²) in [5.41, 5.74) is 1.52. The largest absolute Gasteiger partial charge is 0.495 e. The second kappa shape index (κ2) is 9.47. The standard InChI is InChI=1S/C23H39N3O2/c1-23(2,3)18-26-15-14-25(17-20(26)11-16-27)19-9-12-24(13-10-19)21-7-5-6-8-22(21)28-4/h5-8,19-20,27H,9-18H2,1-4H3/t20-/m1/s1. The van der Waals surface area contributed by atoms with E-state index in [-0.39, 0.29) is 6.61 Å². The first-order valence-corrected chi connectivity index (χ1v) is 10.9. The van der Waals surface area contributed by atoms with Crippen LogP contribution in [0.4, 0.5) is 5.69 Å². The van der Waals surface area contributed by atoms with Crippen LogP contribution in [-0.4, -0.2) is 80.0 Å². The number of hydrogen-bond donors (Lipinski definition) is 1. The molecule has 1 aromatic carbocycles. The maximum atomic E-state index is 9.58. The van der Waals surface area contributed by atoms with E-state index in [0.29, 0.717) is 17.5 Å². The van der Waals surface area contributed by atoms with Crippen LogP contribution in [0.15, 0.2) is 24.3 Å². The molecule has 2 aliphatic rings. The van der Waals surface area contributed by atoms with Gasteiger partial charge in [0.2, 0.25) is 0 Å². The number of methoxy groups -OCH3 is 1. The highest BCUT2D eigenvalue weighted by Gasteiger charge is 2.33. The Bertz CT molecular complexity index is 608. The minimum Gasteiger partial charge on any atom is -0.495 e. The second-order valence-corrected chi connectivity index (χ2v) is 9.58. The monoisotopic (exact) mass is 389 g/mol. The Morgan fingerprint density at radius 1 is 1.07 bits per heavy atom. The van der Waals surface area contributed by atoms with E-state index in [1.165, 1.54) is 18.5 Å². The molecular weight excluding hydrogens is 350 g/mol. The zero-order chi connectivity index (χ0) is 20.1. The molecule has 1 aromatic rings. The Hall–Kier alpha value is -1.30. The summed E-state index contributed by atoms with van der Waals surface area (Å²) in [6.07, 6.45) is 3.28. The van der Waals surface area contributed by atoms with Gasteiger partial charge in [0.25, 0.3) is 0 Å². The minimum absolute atomic E-state index is 0.283. The molecule has 0 saturated carbocycles. The molecule has 0 radical (unpaired) electrons. The average molecular weight is 390 g/mol. The molecular formula is C23H39N3O2. The molecule has 28 heavy (non-hydrogen) atoms. The van der Waals surface area contributed by atoms with Crippen molar-refractivity contribution < 1.29 is 9.84 Å². The fraction of sp³-hybridized carbons (Fsp3) is 0.739. The van der Waals surface area contributed by atoms with Crippen molar-refractivity contribution in [2.45, 2.75) is 52.1 Å². The summed E-state index contributed by atoms with van der Waals surface area (Å²) in [7, 11) is 1.75. The molecule has 158 valence electrons. The first kappa shape index (κ1) is 21.4. The lowest BCUT2D eigenvalue weighted by Gasteiger charge is -2.48. The van der Waals surface area contributed by atoms with Crippen LogP contribution in [0.2, 0.25) is 0 Å². The SMILES string of the molecule is COc1ccccc1N1CCC(N2CCN(CC(C)(C)C)[C@H](CCO)C2)CC1. The third-order valence-corrected chi connectivity index (χ3v) is 6.18. The third-order valence-electron chi connectivity index (χ3n) is 6.18. The lowest BCUT2D eigenvalue weighted by molar-refractivity contribution is 0.0136. The molecule has 2 fully saturated rings. The molecule has 3 rings (SSSR count). The molecule has 2 saturated heterocycles. The van der Waals surface area contributed by atoms with Crippen LogP contribution in [0, 0.1) is 5.41 Å². The molecule has 0 aliphatic carbocycles. The third kappa shape index (κ3) is 5.40. The number of piperidine rings is 1. The number of benzene rings is 1. The Morgan fingerprint density at radius 3 is 2.43 bits per heavy atom. The summed E-state index contributed by atoms with van der Waals surface area (Å²) in [6.45, 7) is 13.8. The maximum Gasteiger partial charge on any atom is 0.142 e. The molecule has 2 heterocycles. The number of para-hydroxylation sites is 2.